The molecule has 6 nitrogen and oxygen atoms in total. The molecule has 2 aliphatic heterocycles. The van der Waals surface area contributed by atoms with Crippen LogP contribution in [0.25, 0.3) is 0 Å². The predicted octanol–water partition coefficient (Wildman–Crippen LogP) is 4.09. The number of nitrogens with zero attached hydrogens (tertiary/aromatic N) is 4. The Hall–Kier alpha value is -2.25. The molecular weight excluding hydrogens is 448 g/mol. The van der Waals surface area contributed by atoms with Crippen LogP contribution in [0.15, 0.2) is 48.5 Å². The number of carbonyl (C=O) groups is 1. The van der Waals surface area contributed by atoms with E-state index in [-0.39, 0.29) is 5.97 Å². The zero-order chi connectivity index (χ0) is 25.7. The van der Waals surface area contributed by atoms with E-state index in [1.54, 1.807) is 0 Å². The van der Waals surface area contributed by atoms with E-state index < -0.39 is 0 Å². The van der Waals surface area contributed by atoms with Crippen molar-refractivity contribution in [3.8, 4) is 0 Å². The molecule has 2 aromatic rings. The van der Waals surface area contributed by atoms with Gasteiger partial charge in [-0.25, -0.2) is 4.79 Å². The molecule has 2 aromatic carbocycles. The number of rotatable bonds is 8. The molecule has 0 saturated carbocycles. The van der Waals surface area contributed by atoms with Crippen LogP contribution in [0.2, 0.25) is 0 Å². The van der Waals surface area contributed by atoms with E-state index in [4.69, 9.17) is 4.74 Å². The van der Waals surface area contributed by atoms with Gasteiger partial charge in [-0.05, 0) is 56.5 Å². The summed E-state index contributed by atoms with van der Waals surface area (Å²) in [6, 6.07) is 18.7. The summed E-state index contributed by atoms with van der Waals surface area (Å²) < 4.78 is 4.81. The second kappa shape index (κ2) is 12.3. The van der Waals surface area contributed by atoms with E-state index in [0.29, 0.717) is 23.7 Å². The molecule has 0 amide bonds. The third-order valence-electron chi connectivity index (χ3n) is 7.86. The van der Waals surface area contributed by atoms with Crippen LogP contribution >= 0.6 is 0 Å². The molecule has 0 spiro atoms. The van der Waals surface area contributed by atoms with E-state index in [9.17, 15) is 4.79 Å². The van der Waals surface area contributed by atoms with Crippen LogP contribution in [0.5, 0.6) is 0 Å². The Bertz CT molecular complexity index is 973. The van der Waals surface area contributed by atoms with E-state index in [1.807, 2.05) is 24.3 Å². The van der Waals surface area contributed by atoms with Crippen molar-refractivity contribution < 1.29 is 9.53 Å². The third kappa shape index (κ3) is 6.94. The van der Waals surface area contributed by atoms with Crippen molar-refractivity contribution in [3.63, 3.8) is 0 Å². The van der Waals surface area contributed by atoms with Gasteiger partial charge in [0, 0.05) is 77.0 Å². The van der Waals surface area contributed by atoms with Crippen LogP contribution in [0, 0.1) is 0 Å². The predicted molar refractivity (Wildman–Crippen MR) is 146 cm³/mol. The molecule has 0 aliphatic carbocycles. The molecule has 0 N–H and O–H groups in total. The van der Waals surface area contributed by atoms with Gasteiger partial charge in [0.2, 0.25) is 0 Å². The lowest BCUT2D eigenvalue weighted by Crippen LogP contribution is -2.55. The third-order valence-corrected chi connectivity index (χ3v) is 7.86. The molecule has 36 heavy (non-hydrogen) atoms. The molecule has 2 fully saturated rings. The van der Waals surface area contributed by atoms with Gasteiger partial charge >= 0.3 is 5.97 Å². The average molecular weight is 493 g/mol. The molecular formula is C30H44N4O2. The summed E-state index contributed by atoms with van der Waals surface area (Å²) in [4.78, 5) is 22.1. The molecule has 2 saturated heterocycles. The fourth-order valence-corrected chi connectivity index (χ4v) is 5.76. The first-order valence-corrected chi connectivity index (χ1v) is 13.5. The van der Waals surface area contributed by atoms with E-state index in [1.165, 1.54) is 36.9 Å². The maximum Gasteiger partial charge on any atom is 0.337 e. The van der Waals surface area contributed by atoms with Crippen LogP contribution in [0.3, 0.4) is 0 Å². The van der Waals surface area contributed by atoms with Gasteiger partial charge in [0.15, 0.2) is 0 Å². The highest BCUT2D eigenvalue weighted by Crippen LogP contribution is 2.22. The summed E-state index contributed by atoms with van der Waals surface area (Å²) in [5.74, 6) is -0.282. The van der Waals surface area contributed by atoms with Crippen molar-refractivity contribution in [1.29, 1.82) is 0 Å². The fraction of sp³-hybridized carbons (Fsp3) is 0.567. The largest absolute Gasteiger partial charge is 0.465 e. The molecule has 2 heterocycles. The molecule has 6 heteroatoms. The van der Waals surface area contributed by atoms with Crippen molar-refractivity contribution in [1.82, 2.24) is 19.6 Å². The molecule has 2 atom stereocenters. The summed E-state index contributed by atoms with van der Waals surface area (Å²) in [5, 5.41) is 0. The van der Waals surface area contributed by atoms with Crippen molar-refractivity contribution >= 4 is 5.97 Å². The molecule has 0 bridgehead atoms. The monoisotopic (exact) mass is 492 g/mol. The van der Waals surface area contributed by atoms with Crippen LogP contribution in [0.1, 0.15) is 54.7 Å². The number of methoxy groups -OCH3 is 1. The Morgan fingerprint density at radius 1 is 0.833 bits per heavy atom. The number of hydrogen-bond acceptors (Lipinski definition) is 6. The van der Waals surface area contributed by atoms with Crippen molar-refractivity contribution in [2.24, 2.45) is 0 Å². The quantitative estimate of drug-likeness (QED) is 0.517. The maximum absolute atomic E-state index is 11.7. The minimum absolute atomic E-state index is 0.282. The first-order chi connectivity index (χ1) is 17.3. The Balaban J connectivity index is 1.30. The standard InChI is InChI=1S/C30H44N4O2/c1-23(2)33-15-13-31(14-16-33)21-27-7-6-8-28(17-27)22-34-24(3)18-32(19-25(34)4)20-26-9-11-29(12-10-26)30(35)36-5/h6-12,17,23-25H,13-16,18-22H2,1-5H3/t24-,25+. The van der Waals surface area contributed by atoms with Gasteiger partial charge in [0.1, 0.15) is 0 Å². The number of piperazine rings is 2. The lowest BCUT2D eigenvalue weighted by atomic mass is 10.0. The van der Waals surface area contributed by atoms with Gasteiger partial charge in [-0.1, -0.05) is 36.4 Å². The van der Waals surface area contributed by atoms with Gasteiger partial charge in [0.05, 0.1) is 12.7 Å². The summed E-state index contributed by atoms with van der Waals surface area (Å²) >= 11 is 0. The summed E-state index contributed by atoms with van der Waals surface area (Å²) in [7, 11) is 1.42. The summed E-state index contributed by atoms with van der Waals surface area (Å²) in [6.07, 6.45) is 0. The second-order valence-corrected chi connectivity index (χ2v) is 11.0. The molecule has 2 aliphatic rings. The highest BCUT2D eigenvalue weighted by Gasteiger charge is 2.29. The summed E-state index contributed by atoms with van der Waals surface area (Å²) in [6.45, 7) is 19.0. The van der Waals surface area contributed by atoms with Crippen molar-refractivity contribution in [2.75, 3.05) is 46.4 Å². The first-order valence-electron chi connectivity index (χ1n) is 13.5. The summed E-state index contributed by atoms with van der Waals surface area (Å²) in [5.41, 5.74) is 4.68. The molecule has 0 radical (unpaired) electrons. The normalized spacial score (nSPS) is 22.7. The van der Waals surface area contributed by atoms with E-state index >= 15 is 0 Å². The van der Waals surface area contributed by atoms with Gasteiger partial charge < -0.3 is 4.74 Å². The van der Waals surface area contributed by atoms with Gasteiger partial charge in [-0.15, -0.1) is 0 Å². The van der Waals surface area contributed by atoms with Crippen molar-refractivity contribution in [2.45, 2.75) is 65.5 Å². The topological polar surface area (TPSA) is 39.3 Å². The second-order valence-electron chi connectivity index (χ2n) is 11.0. The lowest BCUT2D eigenvalue weighted by molar-refractivity contribution is 0.0290. The Morgan fingerprint density at radius 2 is 1.42 bits per heavy atom. The molecule has 196 valence electrons. The fourth-order valence-electron chi connectivity index (χ4n) is 5.76. The zero-order valence-corrected chi connectivity index (χ0v) is 22.8. The SMILES string of the molecule is COC(=O)c1ccc(CN2C[C@@H](C)N(Cc3cccc(CN4CCN(C(C)C)CC4)c3)[C@@H](C)C2)cc1. The number of carbonyl (C=O) groups excluding carboxylic acids is 1. The van der Waals surface area contributed by atoms with E-state index in [2.05, 4.69) is 71.6 Å². The van der Waals surface area contributed by atoms with Gasteiger partial charge in [0.25, 0.3) is 0 Å². The maximum atomic E-state index is 11.7. The lowest BCUT2D eigenvalue weighted by Gasteiger charge is -2.44. The van der Waals surface area contributed by atoms with E-state index in [0.717, 1.165) is 45.8 Å². The smallest absolute Gasteiger partial charge is 0.337 e. The van der Waals surface area contributed by atoms with Crippen LogP contribution in [-0.4, -0.2) is 90.1 Å². The number of benzene rings is 2. The number of hydrogen-bond donors (Lipinski definition) is 0. The van der Waals surface area contributed by atoms with Gasteiger partial charge in [-0.2, -0.15) is 0 Å². The van der Waals surface area contributed by atoms with Crippen molar-refractivity contribution in [3.05, 3.63) is 70.8 Å². The number of esters is 1. The minimum atomic E-state index is -0.282. The Labute approximate surface area is 217 Å². The van der Waals surface area contributed by atoms with Crippen LogP contribution < -0.4 is 0 Å². The highest BCUT2D eigenvalue weighted by atomic mass is 16.5. The first kappa shape index (κ1) is 26.8. The number of ether oxygens (including phenoxy) is 1. The van der Waals surface area contributed by atoms with Crippen LogP contribution in [-0.2, 0) is 24.4 Å². The Morgan fingerprint density at radius 3 is 2.00 bits per heavy atom. The van der Waals surface area contributed by atoms with Crippen LogP contribution in [0.4, 0.5) is 0 Å². The molecule has 4 rings (SSSR count). The van der Waals surface area contributed by atoms with Gasteiger partial charge in [-0.3, -0.25) is 19.6 Å². The average Bonchev–Trinajstić information content (AvgIpc) is 2.87. The molecule has 0 unspecified atom stereocenters. The Kier molecular flexibility index (Phi) is 9.18. The minimum Gasteiger partial charge on any atom is -0.465 e. The highest BCUT2D eigenvalue weighted by molar-refractivity contribution is 5.89. The molecule has 0 aromatic heterocycles. The zero-order valence-electron chi connectivity index (χ0n) is 22.8.